The summed E-state index contributed by atoms with van der Waals surface area (Å²) in [5, 5.41) is 9.46. The maximum atomic E-state index is 11.9. The molecule has 0 spiro atoms. The summed E-state index contributed by atoms with van der Waals surface area (Å²) in [5.74, 6) is -0.683. The first-order chi connectivity index (χ1) is 13.8. The van der Waals surface area contributed by atoms with Crippen LogP contribution in [0.2, 0.25) is 0 Å². The van der Waals surface area contributed by atoms with Crippen LogP contribution in [-0.2, 0) is 36.1 Å². The Balaban J connectivity index is 2.03. The second-order valence-corrected chi connectivity index (χ2v) is 10.6. The minimum atomic E-state index is -5.55. The number of aliphatic hydroxyl groups excluding tert-OH is 1. The van der Waals surface area contributed by atoms with Gasteiger partial charge in [-0.1, -0.05) is 0 Å². The Bertz CT molecular complexity index is 1010. The first kappa shape index (κ1) is 25.3. The van der Waals surface area contributed by atoms with Crippen molar-refractivity contribution >= 4 is 23.5 Å². The summed E-state index contributed by atoms with van der Waals surface area (Å²) in [6.07, 6.45) is -0.791. The van der Waals surface area contributed by atoms with Gasteiger partial charge in [-0.05, 0) is 0 Å². The zero-order valence-electron chi connectivity index (χ0n) is 15.2. The van der Waals surface area contributed by atoms with E-state index in [1.165, 1.54) is 0 Å². The summed E-state index contributed by atoms with van der Waals surface area (Å²) in [6.45, 7) is -1.21. The van der Waals surface area contributed by atoms with E-state index in [4.69, 9.17) is 9.63 Å². The van der Waals surface area contributed by atoms with Crippen LogP contribution in [0.25, 0.3) is 0 Å². The zero-order valence-corrected chi connectivity index (χ0v) is 17.9. The topological polar surface area (TPSA) is 233 Å². The number of hydrogen-bond acceptors (Lipinski definition) is 11. The molecule has 19 heteroatoms. The van der Waals surface area contributed by atoms with E-state index < -0.39 is 66.2 Å². The highest BCUT2D eigenvalue weighted by Gasteiger charge is 2.43. The van der Waals surface area contributed by atoms with E-state index in [2.05, 4.69) is 17.7 Å². The van der Waals surface area contributed by atoms with Crippen LogP contribution in [0.5, 0.6) is 0 Å². The van der Waals surface area contributed by atoms with Crippen LogP contribution >= 0.6 is 23.5 Å². The number of phosphoric acid groups is 3. The Morgan fingerprint density at radius 3 is 2.37 bits per heavy atom. The molecule has 0 saturated carbocycles. The molecule has 1 aromatic rings. The minimum absolute atomic E-state index is 0.0657. The van der Waals surface area contributed by atoms with E-state index in [1.54, 1.807) is 0 Å². The van der Waals surface area contributed by atoms with E-state index in [1.807, 2.05) is 4.98 Å². The van der Waals surface area contributed by atoms with Gasteiger partial charge in [-0.15, -0.1) is 0 Å². The molecule has 0 bridgehead atoms. The third kappa shape index (κ3) is 7.02. The molecule has 5 N–H and O–H groups in total. The highest BCUT2D eigenvalue weighted by molar-refractivity contribution is 7.66. The van der Waals surface area contributed by atoms with Crippen molar-refractivity contribution in [2.24, 2.45) is 5.92 Å². The average molecular weight is 496 g/mol. The molecule has 3 unspecified atom stereocenters. The van der Waals surface area contributed by atoms with Crippen molar-refractivity contribution in [2.45, 2.75) is 18.8 Å². The average Bonchev–Trinajstić information content (AvgIpc) is 3.01. The maximum Gasteiger partial charge on any atom is 0.490 e. The first-order valence-corrected chi connectivity index (χ1v) is 12.5. The Morgan fingerprint density at radius 2 is 1.80 bits per heavy atom. The fraction of sp³-hybridized carbons (Fsp3) is 0.636. The van der Waals surface area contributed by atoms with Gasteiger partial charge >= 0.3 is 29.2 Å². The number of ether oxygens (including phenoxy) is 1. The highest BCUT2D eigenvalue weighted by atomic mass is 31.3. The van der Waals surface area contributed by atoms with Crippen LogP contribution in [0.1, 0.15) is 12.6 Å². The third-order valence-electron chi connectivity index (χ3n) is 3.80. The summed E-state index contributed by atoms with van der Waals surface area (Å²) in [7, 11) is -15.2. The number of H-pyrrole nitrogens is 1. The van der Waals surface area contributed by atoms with Gasteiger partial charge in [0.15, 0.2) is 0 Å². The molecule has 0 radical (unpaired) electrons. The molecule has 172 valence electrons. The van der Waals surface area contributed by atoms with Crippen molar-refractivity contribution in [3.05, 3.63) is 33.1 Å². The molecule has 1 fully saturated rings. The fourth-order valence-electron chi connectivity index (χ4n) is 2.48. The Kier molecular flexibility index (Phi) is 8.13. The number of nitrogens with one attached hydrogen (secondary N) is 1. The molecule has 2 rings (SSSR count). The Hall–Kier alpha value is -0.990. The molecule has 0 aromatic carbocycles. The van der Waals surface area contributed by atoms with Gasteiger partial charge in [0.05, 0.1) is 12.7 Å². The number of aromatic nitrogens is 2. The normalized spacial score (nSPS) is 27.8. The SMILES string of the molecule is COP(=O)(O)OP(=O)(O)OP(=O)(O)OC[C@H]1O[C@@H](n2ccc(=O)[nH]c2=O)C[C@@H]1CO. The van der Waals surface area contributed by atoms with Gasteiger partial charge in [0.2, 0.25) is 0 Å². The lowest BCUT2D eigenvalue weighted by Crippen LogP contribution is -2.31. The minimum Gasteiger partial charge on any atom is -0.396 e. The van der Waals surface area contributed by atoms with Crippen LogP contribution in [0, 0.1) is 5.92 Å². The predicted molar refractivity (Wildman–Crippen MR) is 95.0 cm³/mol. The number of aromatic amines is 1. The molecule has 0 aliphatic carbocycles. The largest absolute Gasteiger partial charge is 0.490 e. The molecule has 16 nitrogen and oxygen atoms in total. The van der Waals surface area contributed by atoms with Gasteiger partial charge in [-0.3, -0.25) is 23.4 Å². The number of aliphatic hydroxyl groups is 1. The van der Waals surface area contributed by atoms with E-state index in [-0.39, 0.29) is 6.42 Å². The number of nitrogens with zero attached hydrogens (tertiary/aromatic N) is 1. The molecule has 6 atom stereocenters. The number of phosphoric ester groups is 2. The molecule has 30 heavy (non-hydrogen) atoms. The van der Waals surface area contributed by atoms with Crippen molar-refractivity contribution in [1.82, 2.24) is 9.55 Å². The van der Waals surface area contributed by atoms with Crippen LogP contribution in [0.3, 0.4) is 0 Å². The van der Waals surface area contributed by atoms with Gasteiger partial charge in [-0.2, -0.15) is 8.62 Å². The van der Waals surface area contributed by atoms with Gasteiger partial charge in [0.25, 0.3) is 5.56 Å². The summed E-state index contributed by atoms with van der Waals surface area (Å²) in [4.78, 5) is 52.9. The fourth-order valence-corrected chi connectivity index (χ4v) is 5.74. The second-order valence-electron chi connectivity index (χ2n) is 5.87. The Morgan fingerprint density at radius 1 is 1.17 bits per heavy atom. The van der Waals surface area contributed by atoms with Crippen LogP contribution in [0.15, 0.2) is 21.9 Å². The van der Waals surface area contributed by atoms with Crippen LogP contribution < -0.4 is 11.2 Å². The van der Waals surface area contributed by atoms with Crippen LogP contribution in [-0.4, -0.2) is 55.8 Å². The van der Waals surface area contributed by atoms with Gasteiger partial charge in [-0.25, -0.2) is 18.5 Å². The predicted octanol–water partition coefficient (Wildman–Crippen LogP) is -0.570. The van der Waals surface area contributed by atoms with E-state index in [0.29, 0.717) is 7.11 Å². The van der Waals surface area contributed by atoms with Crippen LogP contribution in [0.4, 0.5) is 0 Å². The number of hydrogen-bond donors (Lipinski definition) is 5. The summed E-state index contributed by atoms with van der Waals surface area (Å²) < 4.78 is 57.2. The molecule has 2 heterocycles. The molecule has 1 aliphatic heterocycles. The highest BCUT2D eigenvalue weighted by Crippen LogP contribution is 2.67. The lowest BCUT2D eigenvalue weighted by atomic mass is 10.0. The molecular weight excluding hydrogens is 477 g/mol. The standard InChI is InChI=1S/C11H19N2O14P3/c1-23-28(17,18)26-30(21,22)27-29(19,20)24-6-8-7(5-14)4-10(25-8)13-3-2-9(15)12-11(13)16/h2-3,7-8,10,14H,4-6H2,1H3,(H,17,18)(H,19,20)(H,21,22)(H,12,15,16)/t7-,8-,10-/m1/s1. The van der Waals surface area contributed by atoms with E-state index >= 15 is 0 Å². The van der Waals surface area contributed by atoms with E-state index in [0.717, 1.165) is 16.8 Å². The summed E-state index contributed by atoms with van der Waals surface area (Å²) >= 11 is 0. The lowest BCUT2D eigenvalue weighted by molar-refractivity contribution is -0.0360. The van der Waals surface area contributed by atoms with Crippen molar-refractivity contribution in [1.29, 1.82) is 0 Å². The first-order valence-electron chi connectivity index (χ1n) is 7.96. The Labute approximate surface area is 167 Å². The van der Waals surface area contributed by atoms with Gasteiger partial charge in [0, 0.05) is 38.3 Å². The molecule has 1 aromatic heterocycles. The molecule has 1 saturated heterocycles. The molecule has 1 aliphatic rings. The smallest absolute Gasteiger partial charge is 0.396 e. The molecular formula is C11H19N2O14P3. The third-order valence-corrected chi connectivity index (χ3v) is 8.04. The zero-order chi connectivity index (χ0) is 22.7. The molecule has 0 amide bonds. The summed E-state index contributed by atoms with van der Waals surface area (Å²) in [6, 6.07) is 1.07. The van der Waals surface area contributed by atoms with E-state index in [9.17, 15) is 38.2 Å². The lowest BCUT2D eigenvalue weighted by Gasteiger charge is -2.20. The van der Waals surface area contributed by atoms with Crippen molar-refractivity contribution in [2.75, 3.05) is 20.3 Å². The van der Waals surface area contributed by atoms with Gasteiger partial charge in [0.1, 0.15) is 6.23 Å². The van der Waals surface area contributed by atoms with Gasteiger partial charge < -0.3 is 24.5 Å². The van der Waals surface area contributed by atoms with Crippen molar-refractivity contribution < 1.29 is 55.9 Å². The monoisotopic (exact) mass is 496 g/mol. The van der Waals surface area contributed by atoms with Crippen molar-refractivity contribution in [3.8, 4) is 0 Å². The number of rotatable bonds is 10. The summed E-state index contributed by atoms with van der Waals surface area (Å²) in [5.41, 5.74) is -1.42. The van der Waals surface area contributed by atoms with Crippen molar-refractivity contribution in [3.63, 3.8) is 0 Å². The quantitative estimate of drug-likeness (QED) is 0.255. The second kappa shape index (κ2) is 9.65. The maximum absolute atomic E-state index is 11.9.